The van der Waals surface area contributed by atoms with Crippen molar-refractivity contribution in [3.63, 3.8) is 0 Å². The van der Waals surface area contributed by atoms with Crippen LogP contribution in [0.1, 0.15) is 25.0 Å². The van der Waals surface area contributed by atoms with Gasteiger partial charge in [-0.2, -0.15) is 0 Å². The summed E-state index contributed by atoms with van der Waals surface area (Å²) in [7, 11) is -2.87. The predicted octanol–water partition coefficient (Wildman–Crippen LogP) is 1.86. The van der Waals surface area contributed by atoms with Crippen LogP contribution in [0.5, 0.6) is 0 Å². The van der Waals surface area contributed by atoms with Gasteiger partial charge in [-0.3, -0.25) is 9.69 Å². The number of hydrogen-bond donors (Lipinski definition) is 1. The Morgan fingerprint density at radius 2 is 1.93 bits per heavy atom. The summed E-state index contributed by atoms with van der Waals surface area (Å²) in [6.07, 6.45) is 3.81. The number of rotatable bonds is 5. The number of benzene rings is 1. The molecular weight excluding hydrogens is 378 g/mol. The zero-order valence-corrected chi connectivity index (χ0v) is 16.5. The number of nitrogens with zero attached hydrogens (tertiary/aromatic N) is 2. The number of amides is 1. The smallest absolute Gasteiger partial charge is 0.226 e. The molecule has 7 nitrogen and oxygen atoms in total. The molecule has 1 amide bonds. The second kappa shape index (κ2) is 8.05. The molecule has 3 heterocycles. The van der Waals surface area contributed by atoms with Gasteiger partial charge in [-0.25, -0.2) is 13.4 Å². The molecule has 1 aromatic heterocycles. The van der Waals surface area contributed by atoms with Gasteiger partial charge in [0.15, 0.2) is 9.84 Å². The predicted molar refractivity (Wildman–Crippen MR) is 105 cm³/mol. The second-order valence-electron chi connectivity index (χ2n) is 7.59. The van der Waals surface area contributed by atoms with Crippen LogP contribution < -0.4 is 5.32 Å². The number of hydrogen-bond acceptors (Lipinski definition) is 6. The molecule has 0 bridgehead atoms. The number of carbonyl (C=O) groups is 1. The Kier molecular flexibility index (Phi) is 5.50. The van der Waals surface area contributed by atoms with E-state index < -0.39 is 9.84 Å². The van der Waals surface area contributed by atoms with Crippen molar-refractivity contribution >= 4 is 15.7 Å². The number of nitrogens with one attached hydrogen (secondary N) is 1. The van der Waals surface area contributed by atoms with Gasteiger partial charge in [-0.05, 0) is 44.5 Å². The van der Waals surface area contributed by atoms with E-state index >= 15 is 0 Å². The molecule has 1 aromatic carbocycles. The number of oxazole rings is 1. The van der Waals surface area contributed by atoms with Crippen molar-refractivity contribution in [3.8, 4) is 11.5 Å². The number of sulfone groups is 1. The Labute approximate surface area is 165 Å². The Morgan fingerprint density at radius 3 is 2.61 bits per heavy atom. The Hall–Kier alpha value is -2.19. The minimum atomic E-state index is -2.87. The van der Waals surface area contributed by atoms with Crippen molar-refractivity contribution in [3.05, 3.63) is 42.3 Å². The van der Waals surface area contributed by atoms with Crippen LogP contribution in [-0.2, 0) is 21.2 Å². The van der Waals surface area contributed by atoms with Gasteiger partial charge in [0.05, 0.1) is 23.7 Å². The molecule has 0 radical (unpaired) electrons. The molecule has 2 aliphatic heterocycles. The summed E-state index contributed by atoms with van der Waals surface area (Å²) in [6.45, 7) is 1.90. The van der Waals surface area contributed by atoms with Crippen molar-refractivity contribution in [1.82, 2.24) is 15.2 Å². The van der Waals surface area contributed by atoms with Crippen molar-refractivity contribution in [2.24, 2.45) is 5.92 Å². The lowest BCUT2D eigenvalue weighted by molar-refractivity contribution is -0.126. The average molecular weight is 404 g/mol. The van der Waals surface area contributed by atoms with E-state index in [2.05, 4.69) is 15.2 Å². The molecule has 1 unspecified atom stereocenters. The highest BCUT2D eigenvalue weighted by Gasteiger charge is 2.35. The van der Waals surface area contributed by atoms with Crippen LogP contribution in [0.15, 0.2) is 41.0 Å². The molecule has 2 aromatic rings. The summed E-state index contributed by atoms with van der Waals surface area (Å²) < 4.78 is 28.8. The van der Waals surface area contributed by atoms with Crippen LogP contribution in [0.2, 0.25) is 0 Å². The molecule has 1 N–H and O–H groups in total. The zero-order chi connectivity index (χ0) is 19.6. The molecule has 2 saturated heterocycles. The van der Waals surface area contributed by atoms with Gasteiger partial charge in [0.2, 0.25) is 11.8 Å². The fraction of sp³-hybridized carbons (Fsp3) is 0.500. The van der Waals surface area contributed by atoms with Crippen molar-refractivity contribution in [2.45, 2.75) is 31.8 Å². The van der Waals surface area contributed by atoms with E-state index in [9.17, 15) is 13.2 Å². The monoisotopic (exact) mass is 403 g/mol. The molecule has 0 saturated carbocycles. The van der Waals surface area contributed by atoms with Crippen molar-refractivity contribution < 1.29 is 17.6 Å². The van der Waals surface area contributed by atoms with E-state index in [0.717, 1.165) is 37.9 Å². The van der Waals surface area contributed by atoms with Gasteiger partial charge >= 0.3 is 0 Å². The highest BCUT2D eigenvalue weighted by Crippen LogP contribution is 2.25. The maximum Gasteiger partial charge on any atom is 0.226 e. The molecule has 150 valence electrons. The summed E-state index contributed by atoms with van der Waals surface area (Å²) in [5, 5.41) is 2.96. The van der Waals surface area contributed by atoms with Gasteiger partial charge in [-0.1, -0.05) is 18.2 Å². The van der Waals surface area contributed by atoms with Crippen LogP contribution in [0, 0.1) is 5.92 Å². The first-order valence-corrected chi connectivity index (χ1v) is 11.5. The first-order chi connectivity index (χ1) is 13.5. The Bertz CT molecular complexity index is 918. The molecule has 0 aliphatic carbocycles. The summed E-state index contributed by atoms with van der Waals surface area (Å²) in [6, 6.07) is 9.77. The summed E-state index contributed by atoms with van der Waals surface area (Å²) >= 11 is 0. The van der Waals surface area contributed by atoms with Crippen LogP contribution >= 0.6 is 0 Å². The highest BCUT2D eigenvalue weighted by atomic mass is 32.2. The fourth-order valence-corrected chi connectivity index (χ4v) is 5.78. The second-order valence-corrected chi connectivity index (χ2v) is 9.82. The third-order valence-corrected chi connectivity index (χ3v) is 7.39. The summed E-state index contributed by atoms with van der Waals surface area (Å²) in [4.78, 5) is 19.2. The summed E-state index contributed by atoms with van der Waals surface area (Å²) in [5.41, 5.74) is 1.60. The van der Waals surface area contributed by atoms with Gasteiger partial charge in [0, 0.05) is 17.5 Å². The number of likely N-dealkylation sites (tertiary alicyclic amines) is 1. The average Bonchev–Trinajstić information content (AvgIpc) is 3.33. The molecule has 0 spiro atoms. The van der Waals surface area contributed by atoms with Crippen molar-refractivity contribution in [1.29, 1.82) is 0 Å². The standard InChI is InChI=1S/C20H25N3O4S/c24-19(15-6-9-23(10-7-15)18-8-11-28(25,26)14-18)21-12-17-13-27-20(22-17)16-4-2-1-3-5-16/h1-5,13,15,18H,6-12,14H2,(H,21,24). The quantitative estimate of drug-likeness (QED) is 0.819. The topological polar surface area (TPSA) is 92.5 Å². The van der Waals surface area contributed by atoms with E-state index in [0.29, 0.717) is 23.9 Å². The van der Waals surface area contributed by atoms with Gasteiger partial charge < -0.3 is 9.73 Å². The SMILES string of the molecule is O=C(NCc1coc(-c2ccccc2)n1)C1CCN(C2CCS(=O)(=O)C2)CC1. The number of aromatic nitrogens is 1. The van der Waals surface area contributed by atoms with Crippen LogP contribution in [0.3, 0.4) is 0 Å². The molecule has 2 fully saturated rings. The van der Waals surface area contributed by atoms with Crippen LogP contribution in [0.4, 0.5) is 0 Å². The van der Waals surface area contributed by atoms with E-state index in [-0.39, 0.29) is 23.6 Å². The maximum atomic E-state index is 12.5. The van der Waals surface area contributed by atoms with Crippen LogP contribution in [0.25, 0.3) is 11.5 Å². The minimum absolute atomic E-state index is 0.0305. The third-order valence-electron chi connectivity index (χ3n) is 5.64. The molecule has 4 rings (SSSR count). The lowest BCUT2D eigenvalue weighted by Gasteiger charge is -2.34. The Morgan fingerprint density at radius 1 is 1.18 bits per heavy atom. The van der Waals surface area contributed by atoms with E-state index in [4.69, 9.17) is 4.42 Å². The summed E-state index contributed by atoms with van der Waals surface area (Å²) in [5.74, 6) is 1.10. The molecular formula is C20H25N3O4S. The molecule has 8 heteroatoms. The third kappa shape index (κ3) is 4.44. The van der Waals surface area contributed by atoms with Gasteiger partial charge in [0.1, 0.15) is 6.26 Å². The maximum absolute atomic E-state index is 12.5. The lowest BCUT2D eigenvalue weighted by Crippen LogP contribution is -2.45. The normalized spacial score (nSPS) is 22.9. The largest absolute Gasteiger partial charge is 0.444 e. The lowest BCUT2D eigenvalue weighted by atomic mass is 9.94. The first kappa shape index (κ1) is 19.1. The van der Waals surface area contributed by atoms with Crippen LogP contribution in [-0.4, -0.2) is 54.8 Å². The van der Waals surface area contributed by atoms with Gasteiger partial charge in [0.25, 0.3) is 0 Å². The number of piperidine rings is 1. The number of carbonyl (C=O) groups excluding carboxylic acids is 1. The minimum Gasteiger partial charge on any atom is -0.444 e. The van der Waals surface area contributed by atoms with Gasteiger partial charge in [-0.15, -0.1) is 0 Å². The Balaban J connectivity index is 1.25. The van der Waals surface area contributed by atoms with E-state index in [1.54, 1.807) is 6.26 Å². The van der Waals surface area contributed by atoms with Crippen molar-refractivity contribution in [2.75, 3.05) is 24.6 Å². The molecule has 28 heavy (non-hydrogen) atoms. The van der Waals surface area contributed by atoms with E-state index in [1.165, 1.54) is 0 Å². The fourth-order valence-electron chi connectivity index (χ4n) is 4.01. The molecule has 1 atom stereocenters. The molecule has 2 aliphatic rings. The van der Waals surface area contributed by atoms with E-state index in [1.807, 2.05) is 30.3 Å². The highest BCUT2D eigenvalue weighted by molar-refractivity contribution is 7.91. The zero-order valence-electron chi connectivity index (χ0n) is 15.7. The first-order valence-electron chi connectivity index (χ1n) is 9.72.